The first-order valence-corrected chi connectivity index (χ1v) is 10.0. The predicted molar refractivity (Wildman–Crippen MR) is 122 cm³/mol. The number of piperazine rings is 1. The number of aliphatic imine (C=N–C) groups is 1. The normalized spacial score (nSPS) is 23.3. The summed E-state index contributed by atoms with van der Waals surface area (Å²) < 4.78 is 1.89. The zero-order valence-electron chi connectivity index (χ0n) is 17.3. The molecule has 27 heavy (non-hydrogen) atoms. The van der Waals surface area contributed by atoms with Gasteiger partial charge in [0.05, 0.1) is 6.20 Å². The second-order valence-electron chi connectivity index (χ2n) is 7.63. The maximum Gasteiger partial charge on any atom is 0.193 e. The molecule has 0 radical (unpaired) electrons. The van der Waals surface area contributed by atoms with Crippen LogP contribution in [0.2, 0.25) is 0 Å². The SMILES string of the molecule is CCN1CCN(C(C)CNC(=NC)N2CCC(c3cnn(C)c3)C2)CC1.I. The summed E-state index contributed by atoms with van der Waals surface area (Å²) in [6.07, 6.45) is 5.31. The molecule has 2 unspecified atom stereocenters. The van der Waals surface area contributed by atoms with E-state index in [0.717, 1.165) is 25.6 Å². The van der Waals surface area contributed by atoms with Gasteiger partial charge in [0.15, 0.2) is 5.96 Å². The molecule has 0 saturated carbocycles. The van der Waals surface area contributed by atoms with Gasteiger partial charge < -0.3 is 15.1 Å². The Morgan fingerprint density at radius 2 is 2.04 bits per heavy atom. The number of likely N-dealkylation sites (tertiary alicyclic amines) is 1. The molecule has 154 valence electrons. The predicted octanol–water partition coefficient (Wildman–Crippen LogP) is 1.43. The van der Waals surface area contributed by atoms with Crippen LogP contribution in [0, 0.1) is 0 Å². The van der Waals surface area contributed by atoms with E-state index < -0.39 is 0 Å². The van der Waals surface area contributed by atoms with Gasteiger partial charge in [-0.05, 0) is 25.5 Å². The summed E-state index contributed by atoms with van der Waals surface area (Å²) in [6, 6.07) is 0.530. The van der Waals surface area contributed by atoms with Gasteiger partial charge in [-0.2, -0.15) is 5.10 Å². The largest absolute Gasteiger partial charge is 0.355 e. The van der Waals surface area contributed by atoms with Crippen molar-refractivity contribution in [2.24, 2.45) is 12.0 Å². The quantitative estimate of drug-likeness (QED) is 0.386. The molecule has 0 bridgehead atoms. The number of likely N-dealkylation sites (N-methyl/N-ethyl adjacent to an activating group) is 1. The van der Waals surface area contributed by atoms with Gasteiger partial charge >= 0.3 is 0 Å². The summed E-state index contributed by atoms with van der Waals surface area (Å²) in [5.41, 5.74) is 1.34. The summed E-state index contributed by atoms with van der Waals surface area (Å²) in [5, 5.41) is 7.93. The van der Waals surface area contributed by atoms with Crippen molar-refractivity contribution in [2.75, 3.05) is 59.4 Å². The summed E-state index contributed by atoms with van der Waals surface area (Å²) in [4.78, 5) is 12.0. The summed E-state index contributed by atoms with van der Waals surface area (Å²) >= 11 is 0. The maximum absolute atomic E-state index is 4.53. The molecule has 1 N–H and O–H groups in total. The molecule has 0 aliphatic carbocycles. The molecule has 0 spiro atoms. The number of guanidine groups is 1. The van der Waals surface area contributed by atoms with E-state index in [1.54, 1.807) is 0 Å². The van der Waals surface area contributed by atoms with Gasteiger partial charge in [0.25, 0.3) is 0 Å². The van der Waals surface area contributed by atoms with Crippen LogP contribution in [0.3, 0.4) is 0 Å². The van der Waals surface area contributed by atoms with E-state index in [2.05, 4.69) is 50.2 Å². The Hall–Kier alpha value is -0.870. The van der Waals surface area contributed by atoms with Crippen molar-refractivity contribution in [3.05, 3.63) is 18.0 Å². The Balaban J connectivity index is 0.00000261. The molecule has 8 heteroatoms. The molecule has 0 amide bonds. The maximum atomic E-state index is 4.53. The van der Waals surface area contributed by atoms with Crippen molar-refractivity contribution in [3.8, 4) is 0 Å². The molecule has 3 heterocycles. The lowest BCUT2D eigenvalue weighted by atomic mass is 10.0. The highest BCUT2D eigenvalue weighted by Gasteiger charge is 2.27. The van der Waals surface area contributed by atoms with Crippen molar-refractivity contribution < 1.29 is 0 Å². The number of rotatable bonds is 5. The van der Waals surface area contributed by atoms with E-state index in [-0.39, 0.29) is 24.0 Å². The Kier molecular flexibility index (Phi) is 8.81. The lowest BCUT2D eigenvalue weighted by Gasteiger charge is -2.38. The minimum atomic E-state index is 0. The summed E-state index contributed by atoms with van der Waals surface area (Å²) in [7, 11) is 3.88. The van der Waals surface area contributed by atoms with Gasteiger partial charge in [-0.3, -0.25) is 14.6 Å². The standard InChI is InChI=1S/C19H35N7.HI/c1-5-24-8-10-25(11-9-24)16(2)12-21-19(20-3)26-7-6-17(15-26)18-13-22-23(4)14-18;/h13-14,16-17H,5-12,15H2,1-4H3,(H,20,21);1H. The van der Waals surface area contributed by atoms with Crippen LogP contribution < -0.4 is 5.32 Å². The zero-order chi connectivity index (χ0) is 18.5. The fourth-order valence-corrected chi connectivity index (χ4v) is 4.10. The minimum absolute atomic E-state index is 0. The minimum Gasteiger partial charge on any atom is -0.355 e. The Morgan fingerprint density at radius 1 is 1.30 bits per heavy atom. The fraction of sp³-hybridized carbons (Fsp3) is 0.789. The Bertz CT molecular complexity index is 595. The molecule has 0 aromatic carbocycles. The van der Waals surface area contributed by atoms with Gasteiger partial charge in [0, 0.05) is 78.1 Å². The second kappa shape index (κ2) is 10.6. The molecule has 1 aromatic heterocycles. The van der Waals surface area contributed by atoms with Crippen molar-refractivity contribution in [3.63, 3.8) is 0 Å². The number of hydrogen-bond donors (Lipinski definition) is 1. The van der Waals surface area contributed by atoms with Gasteiger partial charge in [-0.1, -0.05) is 6.92 Å². The number of aromatic nitrogens is 2. The lowest BCUT2D eigenvalue weighted by molar-refractivity contribution is 0.107. The number of nitrogens with one attached hydrogen (secondary N) is 1. The van der Waals surface area contributed by atoms with E-state index in [9.17, 15) is 0 Å². The summed E-state index contributed by atoms with van der Waals surface area (Å²) in [5.74, 6) is 1.59. The van der Waals surface area contributed by atoms with E-state index >= 15 is 0 Å². The van der Waals surface area contributed by atoms with Crippen LogP contribution in [0.4, 0.5) is 0 Å². The number of nitrogens with zero attached hydrogens (tertiary/aromatic N) is 6. The van der Waals surface area contributed by atoms with Gasteiger partial charge in [0.1, 0.15) is 0 Å². The van der Waals surface area contributed by atoms with Crippen molar-refractivity contribution in [2.45, 2.75) is 32.2 Å². The topological polar surface area (TPSA) is 51.9 Å². The average molecular weight is 489 g/mol. The highest BCUT2D eigenvalue weighted by atomic mass is 127. The van der Waals surface area contributed by atoms with Crippen LogP contribution in [0.5, 0.6) is 0 Å². The number of halogens is 1. The van der Waals surface area contributed by atoms with Gasteiger partial charge in [0.2, 0.25) is 0 Å². The van der Waals surface area contributed by atoms with E-state index in [1.165, 1.54) is 44.7 Å². The third kappa shape index (κ3) is 5.80. The molecular weight excluding hydrogens is 453 g/mol. The Morgan fingerprint density at radius 3 is 2.63 bits per heavy atom. The molecule has 3 rings (SSSR count). The van der Waals surface area contributed by atoms with Crippen molar-refractivity contribution >= 4 is 29.9 Å². The van der Waals surface area contributed by atoms with E-state index in [4.69, 9.17) is 0 Å². The molecule has 2 saturated heterocycles. The smallest absolute Gasteiger partial charge is 0.193 e. The second-order valence-corrected chi connectivity index (χ2v) is 7.63. The number of aryl methyl sites for hydroxylation is 1. The highest BCUT2D eigenvalue weighted by Crippen LogP contribution is 2.26. The third-order valence-electron chi connectivity index (χ3n) is 5.93. The van der Waals surface area contributed by atoms with Crippen molar-refractivity contribution in [1.82, 2.24) is 29.8 Å². The van der Waals surface area contributed by atoms with Crippen LogP contribution in [0.1, 0.15) is 31.7 Å². The van der Waals surface area contributed by atoms with Crippen LogP contribution >= 0.6 is 24.0 Å². The molecule has 2 atom stereocenters. The van der Waals surface area contributed by atoms with Crippen LogP contribution in [-0.2, 0) is 7.05 Å². The van der Waals surface area contributed by atoms with E-state index in [0.29, 0.717) is 12.0 Å². The van der Waals surface area contributed by atoms with Crippen LogP contribution in [0.15, 0.2) is 17.4 Å². The lowest BCUT2D eigenvalue weighted by Crippen LogP contribution is -2.53. The first-order valence-electron chi connectivity index (χ1n) is 10.0. The Labute approximate surface area is 181 Å². The van der Waals surface area contributed by atoms with Gasteiger partial charge in [-0.15, -0.1) is 24.0 Å². The molecule has 2 aliphatic rings. The first kappa shape index (κ1) is 22.4. The molecule has 7 nitrogen and oxygen atoms in total. The van der Waals surface area contributed by atoms with Gasteiger partial charge in [-0.25, -0.2) is 0 Å². The van der Waals surface area contributed by atoms with Crippen LogP contribution in [-0.4, -0.2) is 95.9 Å². The average Bonchev–Trinajstić information content (AvgIpc) is 3.31. The number of hydrogen-bond acceptors (Lipinski definition) is 4. The molecular formula is C19H36IN7. The molecule has 2 fully saturated rings. The first-order chi connectivity index (χ1) is 12.6. The highest BCUT2D eigenvalue weighted by molar-refractivity contribution is 14.0. The summed E-state index contributed by atoms with van der Waals surface area (Å²) in [6.45, 7) is 13.5. The fourth-order valence-electron chi connectivity index (χ4n) is 4.10. The zero-order valence-corrected chi connectivity index (χ0v) is 19.6. The van der Waals surface area contributed by atoms with E-state index in [1.807, 2.05) is 25.0 Å². The molecule has 1 aromatic rings. The monoisotopic (exact) mass is 489 g/mol. The van der Waals surface area contributed by atoms with Crippen LogP contribution in [0.25, 0.3) is 0 Å². The van der Waals surface area contributed by atoms with Crippen molar-refractivity contribution in [1.29, 1.82) is 0 Å². The third-order valence-corrected chi connectivity index (χ3v) is 5.93. The molecule has 2 aliphatic heterocycles.